The van der Waals surface area contributed by atoms with Crippen LogP contribution in [0, 0.1) is 18.8 Å². The number of hydrogen-bond donors (Lipinski definition) is 3. The highest BCUT2D eigenvalue weighted by Gasteiger charge is 2.25. The van der Waals surface area contributed by atoms with Gasteiger partial charge in [-0.15, -0.1) is 0 Å². The highest BCUT2D eigenvalue weighted by atomic mass is 16.2. The first kappa shape index (κ1) is 17.5. The maximum Gasteiger partial charge on any atom is 0.227 e. The summed E-state index contributed by atoms with van der Waals surface area (Å²) >= 11 is 0. The average Bonchev–Trinajstić information content (AvgIpc) is 2.50. The Kier molecular flexibility index (Phi) is 5.77. The fourth-order valence-corrected chi connectivity index (χ4v) is 2.82. The molecule has 1 saturated carbocycles. The van der Waals surface area contributed by atoms with E-state index >= 15 is 0 Å². The molecule has 2 atom stereocenters. The molecule has 0 aliphatic heterocycles. The van der Waals surface area contributed by atoms with Crippen LogP contribution in [0.3, 0.4) is 0 Å². The molecule has 1 aromatic rings. The molecule has 0 bridgehead atoms. The second-order valence-electron chi connectivity index (χ2n) is 6.79. The lowest BCUT2D eigenvalue weighted by molar-refractivity contribution is -0.121. The van der Waals surface area contributed by atoms with E-state index in [1.165, 1.54) is 0 Å². The van der Waals surface area contributed by atoms with Crippen molar-refractivity contribution in [2.24, 2.45) is 17.6 Å². The molecule has 23 heavy (non-hydrogen) atoms. The molecule has 0 heterocycles. The molecule has 5 heteroatoms. The number of hydrogen-bond acceptors (Lipinski definition) is 3. The first-order valence-corrected chi connectivity index (χ1v) is 8.34. The molecule has 0 saturated heterocycles. The van der Waals surface area contributed by atoms with Crippen LogP contribution in [0.4, 0.5) is 11.4 Å². The van der Waals surface area contributed by atoms with E-state index in [1.54, 1.807) is 0 Å². The highest BCUT2D eigenvalue weighted by molar-refractivity contribution is 5.96. The normalized spacial score (nSPS) is 21.1. The number of aryl methyl sites for hydroxylation is 1. The summed E-state index contributed by atoms with van der Waals surface area (Å²) in [5.74, 6) is -0.120. The van der Waals surface area contributed by atoms with Crippen molar-refractivity contribution in [1.29, 1.82) is 0 Å². The largest absolute Gasteiger partial charge is 0.328 e. The van der Waals surface area contributed by atoms with E-state index in [-0.39, 0.29) is 29.7 Å². The van der Waals surface area contributed by atoms with Crippen molar-refractivity contribution in [3.63, 3.8) is 0 Å². The van der Waals surface area contributed by atoms with Gasteiger partial charge in [-0.2, -0.15) is 0 Å². The Hall–Kier alpha value is -1.88. The third-order valence-corrected chi connectivity index (χ3v) is 4.37. The van der Waals surface area contributed by atoms with Gasteiger partial charge in [0.05, 0.1) is 0 Å². The van der Waals surface area contributed by atoms with Gasteiger partial charge < -0.3 is 16.4 Å². The van der Waals surface area contributed by atoms with Gasteiger partial charge in [-0.1, -0.05) is 26.3 Å². The lowest BCUT2D eigenvalue weighted by atomic mass is 9.85. The molecule has 126 valence electrons. The van der Waals surface area contributed by atoms with Crippen LogP contribution in [-0.2, 0) is 9.59 Å². The molecule has 2 rings (SSSR count). The first-order chi connectivity index (χ1) is 10.9. The van der Waals surface area contributed by atoms with E-state index in [0.29, 0.717) is 5.69 Å². The van der Waals surface area contributed by atoms with Gasteiger partial charge in [0.25, 0.3) is 0 Å². The molecule has 1 aliphatic carbocycles. The van der Waals surface area contributed by atoms with E-state index in [9.17, 15) is 9.59 Å². The third kappa shape index (κ3) is 4.79. The average molecular weight is 317 g/mol. The molecule has 0 aromatic heterocycles. The van der Waals surface area contributed by atoms with E-state index in [2.05, 4.69) is 10.6 Å². The third-order valence-electron chi connectivity index (χ3n) is 4.37. The zero-order chi connectivity index (χ0) is 17.0. The Morgan fingerprint density at radius 2 is 1.96 bits per heavy atom. The fourth-order valence-electron chi connectivity index (χ4n) is 2.82. The topological polar surface area (TPSA) is 84.2 Å². The summed E-state index contributed by atoms with van der Waals surface area (Å²) in [7, 11) is 0. The number of anilines is 2. The Morgan fingerprint density at radius 3 is 2.61 bits per heavy atom. The van der Waals surface area contributed by atoms with Crippen molar-refractivity contribution in [1.82, 2.24) is 0 Å². The standard InChI is InChI=1S/C18H27N3O2/c1-11(2)17(22)20-15-8-7-12(3)16(10-15)21-18(23)13-5-4-6-14(19)9-13/h7-8,10-11,13-14H,4-6,9,19H2,1-3H3,(H,20,22)(H,21,23). The van der Waals surface area contributed by atoms with Crippen LogP contribution in [0.5, 0.6) is 0 Å². The summed E-state index contributed by atoms with van der Waals surface area (Å²) in [6, 6.07) is 5.69. The molecule has 1 aromatic carbocycles. The Bertz CT molecular complexity index is 584. The number of carbonyl (C=O) groups is 2. The second-order valence-corrected chi connectivity index (χ2v) is 6.79. The van der Waals surface area contributed by atoms with Crippen molar-refractivity contribution in [3.8, 4) is 0 Å². The Labute approximate surface area is 138 Å². The van der Waals surface area contributed by atoms with Crippen LogP contribution in [0.2, 0.25) is 0 Å². The molecule has 5 nitrogen and oxygen atoms in total. The minimum atomic E-state index is -0.0851. The molecule has 2 amide bonds. The zero-order valence-corrected chi connectivity index (χ0v) is 14.2. The molecule has 1 fully saturated rings. The maximum atomic E-state index is 12.5. The molecule has 0 radical (unpaired) electrons. The summed E-state index contributed by atoms with van der Waals surface area (Å²) in [6.07, 6.45) is 3.64. The minimum Gasteiger partial charge on any atom is -0.328 e. The van der Waals surface area contributed by atoms with Crippen LogP contribution < -0.4 is 16.4 Å². The number of nitrogens with one attached hydrogen (secondary N) is 2. The number of benzene rings is 1. The Balaban J connectivity index is 2.06. The molecular formula is C18H27N3O2. The van der Waals surface area contributed by atoms with Gasteiger partial charge in [0, 0.05) is 29.3 Å². The number of carbonyl (C=O) groups excluding carboxylic acids is 2. The fraction of sp³-hybridized carbons (Fsp3) is 0.556. The van der Waals surface area contributed by atoms with Gasteiger partial charge in [0.15, 0.2) is 0 Å². The van der Waals surface area contributed by atoms with E-state index in [1.807, 2.05) is 39.0 Å². The quantitative estimate of drug-likeness (QED) is 0.798. The smallest absolute Gasteiger partial charge is 0.227 e. The van der Waals surface area contributed by atoms with Crippen LogP contribution >= 0.6 is 0 Å². The molecule has 4 N–H and O–H groups in total. The van der Waals surface area contributed by atoms with Crippen LogP contribution in [0.1, 0.15) is 45.1 Å². The SMILES string of the molecule is Cc1ccc(NC(=O)C(C)C)cc1NC(=O)C1CCCC(N)C1. The summed E-state index contributed by atoms with van der Waals surface area (Å²) in [4.78, 5) is 24.3. The molecule has 1 aliphatic rings. The first-order valence-electron chi connectivity index (χ1n) is 8.34. The van der Waals surface area contributed by atoms with Gasteiger partial charge in [-0.25, -0.2) is 0 Å². The minimum absolute atomic E-state index is 0.0212. The van der Waals surface area contributed by atoms with Crippen molar-refractivity contribution in [2.45, 2.75) is 52.5 Å². The monoisotopic (exact) mass is 317 g/mol. The van der Waals surface area contributed by atoms with Crippen molar-refractivity contribution >= 4 is 23.2 Å². The molecule has 2 unspecified atom stereocenters. The predicted molar refractivity (Wildman–Crippen MR) is 93.2 cm³/mol. The number of rotatable bonds is 4. The van der Waals surface area contributed by atoms with Crippen molar-refractivity contribution < 1.29 is 9.59 Å². The summed E-state index contributed by atoms with van der Waals surface area (Å²) < 4.78 is 0. The summed E-state index contributed by atoms with van der Waals surface area (Å²) in [5, 5.41) is 5.86. The summed E-state index contributed by atoms with van der Waals surface area (Å²) in [6.45, 7) is 5.63. The highest BCUT2D eigenvalue weighted by Crippen LogP contribution is 2.26. The molecule has 0 spiro atoms. The van der Waals surface area contributed by atoms with E-state index in [4.69, 9.17) is 5.73 Å². The van der Waals surface area contributed by atoms with Gasteiger partial charge >= 0.3 is 0 Å². The summed E-state index contributed by atoms with van der Waals surface area (Å²) in [5.41, 5.74) is 8.38. The van der Waals surface area contributed by atoms with Gasteiger partial charge in [0.1, 0.15) is 0 Å². The second kappa shape index (κ2) is 7.59. The Morgan fingerprint density at radius 1 is 1.22 bits per heavy atom. The van der Waals surface area contributed by atoms with Crippen LogP contribution in [-0.4, -0.2) is 17.9 Å². The van der Waals surface area contributed by atoms with Crippen molar-refractivity contribution in [2.75, 3.05) is 10.6 Å². The predicted octanol–water partition coefficient (Wildman–Crippen LogP) is 3.05. The van der Waals surface area contributed by atoms with Crippen molar-refractivity contribution in [3.05, 3.63) is 23.8 Å². The lowest BCUT2D eigenvalue weighted by Gasteiger charge is -2.26. The number of nitrogens with two attached hydrogens (primary N) is 1. The van der Waals surface area contributed by atoms with Gasteiger partial charge in [-0.05, 0) is 43.9 Å². The van der Waals surface area contributed by atoms with E-state index in [0.717, 1.165) is 36.9 Å². The van der Waals surface area contributed by atoms with Gasteiger partial charge in [-0.3, -0.25) is 9.59 Å². The zero-order valence-electron chi connectivity index (χ0n) is 14.2. The maximum absolute atomic E-state index is 12.5. The van der Waals surface area contributed by atoms with E-state index < -0.39 is 0 Å². The molecular weight excluding hydrogens is 290 g/mol. The lowest BCUT2D eigenvalue weighted by Crippen LogP contribution is -2.34. The number of amides is 2. The van der Waals surface area contributed by atoms with Crippen LogP contribution in [0.15, 0.2) is 18.2 Å². The van der Waals surface area contributed by atoms with Gasteiger partial charge in [0.2, 0.25) is 11.8 Å². The van der Waals surface area contributed by atoms with Crippen LogP contribution in [0.25, 0.3) is 0 Å².